The highest BCUT2D eigenvalue weighted by molar-refractivity contribution is 7.00. The molecule has 19 rings (SSSR count). The van der Waals surface area contributed by atoms with Crippen LogP contribution in [0.1, 0.15) is 5.56 Å². The normalized spacial score (nSPS) is 12.5. The van der Waals surface area contributed by atoms with Crippen molar-refractivity contribution in [1.82, 2.24) is 0 Å². The van der Waals surface area contributed by atoms with Crippen LogP contribution in [0.5, 0.6) is 0 Å². The molecule has 7 heteroatoms. The van der Waals surface area contributed by atoms with Crippen molar-refractivity contribution in [3.05, 3.63) is 321 Å². The molecule has 0 unspecified atom stereocenters. The molecule has 0 saturated heterocycles. The molecule has 0 bridgehead atoms. The third-order valence-electron chi connectivity index (χ3n) is 19.0. The molecular formula is C87H55BN2O4. The van der Waals surface area contributed by atoms with E-state index in [2.05, 4.69) is 284 Å². The Morgan fingerprint density at radius 3 is 0.851 bits per heavy atom. The maximum Gasteiger partial charge on any atom is 0.252 e. The molecule has 0 radical (unpaired) electrons. The number of fused-ring (bicyclic) bond motifs is 8. The Kier molecular flexibility index (Phi) is 12.2. The van der Waals surface area contributed by atoms with Gasteiger partial charge in [-0.2, -0.15) is 0 Å². The van der Waals surface area contributed by atoms with Gasteiger partial charge in [0.05, 0.1) is 0 Å². The van der Waals surface area contributed by atoms with Crippen LogP contribution in [0.4, 0.5) is 34.1 Å². The van der Waals surface area contributed by atoms with Gasteiger partial charge in [0.25, 0.3) is 6.71 Å². The molecular weight excluding hydrogens is 1150 g/mol. The van der Waals surface area contributed by atoms with Crippen molar-refractivity contribution in [3.63, 3.8) is 0 Å². The summed E-state index contributed by atoms with van der Waals surface area (Å²) in [6.45, 7) is 2.09. The summed E-state index contributed by atoms with van der Waals surface area (Å²) in [7, 11) is 0. The second-order valence-electron chi connectivity index (χ2n) is 24.9. The van der Waals surface area contributed by atoms with E-state index in [0.717, 1.165) is 173 Å². The zero-order chi connectivity index (χ0) is 62.0. The summed E-state index contributed by atoms with van der Waals surface area (Å²) in [5, 5.41) is 4.32. The Balaban J connectivity index is 0.804. The number of hydrogen-bond acceptors (Lipinski definition) is 6. The summed E-state index contributed by atoms with van der Waals surface area (Å²) in [5.41, 5.74) is 27.8. The number of benzene rings is 13. The van der Waals surface area contributed by atoms with Crippen LogP contribution in [0.3, 0.4) is 0 Å². The van der Waals surface area contributed by atoms with Crippen molar-refractivity contribution in [2.75, 3.05) is 9.80 Å². The zero-order valence-electron chi connectivity index (χ0n) is 51.1. The van der Waals surface area contributed by atoms with Gasteiger partial charge >= 0.3 is 0 Å². The Hall–Kier alpha value is -12.3. The molecule has 0 amide bonds. The lowest BCUT2D eigenvalue weighted by Gasteiger charge is -2.44. The zero-order valence-corrected chi connectivity index (χ0v) is 51.1. The van der Waals surface area contributed by atoms with Gasteiger partial charge in [-0.3, -0.25) is 0 Å². The number of rotatable bonds is 10. The van der Waals surface area contributed by atoms with Crippen LogP contribution >= 0.6 is 0 Å². The lowest BCUT2D eigenvalue weighted by Crippen LogP contribution is -2.61. The first-order chi connectivity index (χ1) is 46.4. The predicted molar refractivity (Wildman–Crippen MR) is 388 cm³/mol. The highest BCUT2D eigenvalue weighted by atomic mass is 16.3. The van der Waals surface area contributed by atoms with E-state index < -0.39 is 0 Å². The number of hydrogen-bond donors (Lipinski definition) is 0. The quantitative estimate of drug-likeness (QED) is 0.127. The van der Waals surface area contributed by atoms with Crippen molar-refractivity contribution in [2.45, 2.75) is 6.92 Å². The van der Waals surface area contributed by atoms with Gasteiger partial charge in [0, 0.05) is 77.9 Å². The Labute approximate surface area is 543 Å². The first-order valence-corrected chi connectivity index (χ1v) is 32.0. The second-order valence-corrected chi connectivity index (χ2v) is 24.9. The smallest absolute Gasteiger partial charge is 0.252 e. The Bertz CT molecular complexity index is 5410. The molecule has 440 valence electrons. The lowest BCUT2D eigenvalue weighted by atomic mass is 9.33. The van der Waals surface area contributed by atoms with Gasteiger partial charge in [-0.05, 0) is 195 Å². The van der Waals surface area contributed by atoms with Crippen molar-refractivity contribution in [3.8, 4) is 89.8 Å². The SMILES string of the molecule is Cc1cc2c3c(c1)N(c1cccc(-c4cccc(-c5cc6ccccc6o5)c4)c1)c1cc(-c4cccc(-c5cc6ccccc6o5)c4)ccc1B3c1ccc(-c3cccc(-c4cc5ccccc5o4)c3)cc1N2c1cccc(-c2cccc(-c3cc4ccccc4o3)c2)c1. The van der Waals surface area contributed by atoms with Crippen LogP contribution in [0.25, 0.3) is 134 Å². The fourth-order valence-electron chi connectivity index (χ4n) is 14.6. The number of anilines is 6. The van der Waals surface area contributed by atoms with Crippen LogP contribution in [-0.2, 0) is 0 Å². The third-order valence-corrected chi connectivity index (χ3v) is 19.0. The number of aryl methyl sites for hydroxylation is 1. The fourth-order valence-corrected chi connectivity index (χ4v) is 14.6. The highest BCUT2D eigenvalue weighted by Crippen LogP contribution is 2.48. The first-order valence-electron chi connectivity index (χ1n) is 32.0. The lowest BCUT2D eigenvalue weighted by molar-refractivity contribution is 0.631. The van der Waals surface area contributed by atoms with Crippen molar-refractivity contribution in [1.29, 1.82) is 0 Å². The van der Waals surface area contributed by atoms with Crippen LogP contribution < -0.4 is 26.2 Å². The van der Waals surface area contributed by atoms with Crippen LogP contribution in [0.2, 0.25) is 0 Å². The fraction of sp³-hybridized carbons (Fsp3) is 0.0115. The van der Waals surface area contributed by atoms with E-state index >= 15 is 0 Å². The van der Waals surface area contributed by atoms with E-state index in [0.29, 0.717) is 0 Å². The van der Waals surface area contributed by atoms with Gasteiger partial charge in [0.1, 0.15) is 45.4 Å². The van der Waals surface area contributed by atoms with Gasteiger partial charge in [0.2, 0.25) is 0 Å². The topological polar surface area (TPSA) is 59.0 Å². The predicted octanol–water partition coefficient (Wildman–Crippen LogP) is 22.4. The van der Waals surface area contributed by atoms with Gasteiger partial charge in [0.15, 0.2) is 0 Å². The van der Waals surface area contributed by atoms with Crippen molar-refractivity contribution < 1.29 is 17.7 Å². The largest absolute Gasteiger partial charge is 0.456 e. The molecule has 0 N–H and O–H groups in total. The Morgan fingerprint density at radius 1 is 0.234 bits per heavy atom. The van der Waals surface area contributed by atoms with Gasteiger partial charge in [-0.15, -0.1) is 0 Å². The average Bonchev–Trinajstić information content (AvgIpc) is 0.879. The van der Waals surface area contributed by atoms with Gasteiger partial charge in [-0.25, -0.2) is 0 Å². The third kappa shape index (κ3) is 9.03. The molecule has 94 heavy (non-hydrogen) atoms. The van der Waals surface area contributed by atoms with Crippen LogP contribution in [0, 0.1) is 6.92 Å². The van der Waals surface area contributed by atoms with E-state index in [9.17, 15) is 0 Å². The molecule has 6 heterocycles. The van der Waals surface area contributed by atoms with E-state index in [1.54, 1.807) is 0 Å². The van der Waals surface area contributed by atoms with Gasteiger partial charge in [-0.1, -0.05) is 194 Å². The summed E-state index contributed by atoms with van der Waals surface area (Å²) >= 11 is 0. The summed E-state index contributed by atoms with van der Waals surface area (Å²) in [4.78, 5) is 5.05. The molecule has 0 atom stereocenters. The van der Waals surface area contributed by atoms with E-state index in [1.165, 1.54) is 16.4 Å². The average molecular weight is 1200 g/mol. The molecule has 4 aromatic heterocycles. The maximum absolute atomic E-state index is 6.48. The molecule has 0 fully saturated rings. The molecule has 13 aromatic carbocycles. The molecule has 0 spiro atoms. The number of furan rings is 4. The minimum atomic E-state index is -0.151. The monoisotopic (exact) mass is 1200 g/mol. The Morgan fingerprint density at radius 2 is 0.521 bits per heavy atom. The number of para-hydroxylation sites is 4. The first kappa shape index (κ1) is 53.5. The maximum atomic E-state index is 6.48. The molecule has 6 nitrogen and oxygen atoms in total. The standard InChI is InChI=1S/C87H55BN2O4/c1-54-40-77-87-78(41-54)90(72-31-15-25-60(47-72)56-21-11-27-64(43-56)84-51-68-17-3-7-33-80(68)92-84)76-49-62(58-23-13-29-66(45-58)86-53-70-19-5-9-35-82(70)94-86)37-39-74(76)88(87)73-38-36-61(57-22-12-28-65(44-57)85-52-69-18-4-8-34-81(69)93-85)48-75(73)89(77)71-30-14-24-59(46-71)55-20-10-26-63(42-55)83-50-67-16-2-6-32-79(67)91-83/h2-53H,1H3. The summed E-state index contributed by atoms with van der Waals surface area (Å²) in [6.07, 6.45) is 0. The minimum absolute atomic E-state index is 0.151. The van der Waals surface area contributed by atoms with E-state index in [4.69, 9.17) is 17.7 Å². The van der Waals surface area contributed by atoms with Gasteiger partial charge < -0.3 is 27.5 Å². The van der Waals surface area contributed by atoms with Crippen LogP contribution in [0.15, 0.2) is 333 Å². The molecule has 2 aliphatic rings. The van der Waals surface area contributed by atoms with Crippen molar-refractivity contribution in [2.24, 2.45) is 0 Å². The summed E-state index contributed by atoms with van der Waals surface area (Å²) in [6, 6.07) is 114. The highest BCUT2D eigenvalue weighted by Gasteiger charge is 2.44. The molecule has 2 aliphatic heterocycles. The number of nitrogens with zero attached hydrogens (tertiary/aromatic N) is 2. The van der Waals surface area contributed by atoms with Crippen molar-refractivity contribution >= 4 is 101 Å². The van der Waals surface area contributed by atoms with E-state index in [1.807, 2.05) is 48.5 Å². The molecule has 0 saturated carbocycles. The minimum Gasteiger partial charge on any atom is -0.456 e. The van der Waals surface area contributed by atoms with E-state index in [-0.39, 0.29) is 6.71 Å². The molecule has 17 aromatic rings. The second kappa shape index (κ2) is 21.4. The van der Waals surface area contributed by atoms with Crippen LogP contribution in [-0.4, -0.2) is 6.71 Å². The summed E-state index contributed by atoms with van der Waals surface area (Å²) in [5.74, 6) is 3.36. The summed E-state index contributed by atoms with van der Waals surface area (Å²) < 4.78 is 25.9. The molecule has 0 aliphatic carbocycles.